The third kappa shape index (κ3) is 4.62. The van der Waals surface area contributed by atoms with Crippen molar-refractivity contribution in [2.24, 2.45) is 16.3 Å². The molecule has 0 saturated heterocycles. The van der Waals surface area contributed by atoms with E-state index in [9.17, 15) is 9.59 Å². The number of aliphatic imine (C=N–C) groups is 1. The Morgan fingerprint density at radius 1 is 1.31 bits per heavy atom. The van der Waals surface area contributed by atoms with Crippen molar-refractivity contribution in [2.75, 3.05) is 26.4 Å². The first-order valence-corrected chi connectivity index (χ1v) is 9.97. The van der Waals surface area contributed by atoms with Crippen molar-refractivity contribution in [3.05, 3.63) is 41.4 Å². The Kier molecular flexibility index (Phi) is 6.59. The van der Waals surface area contributed by atoms with Crippen LogP contribution in [0.25, 0.3) is 0 Å². The lowest BCUT2D eigenvalue weighted by atomic mass is 9.63. The molecule has 1 fully saturated rings. The van der Waals surface area contributed by atoms with Gasteiger partial charge in [0.1, 0.15) is 5.78 Å². The number of ether oxygens (including phenoxy) is 2. The Bertz CT molecular complexity index is 829. The number of fused-ring (bicyclic) bond motifs is 1. The quantitative estimate of drug-likeness (QED) is 0.558. The molecule has 156 valence electrons. The van der Waals surface area contributed by atoms with Gasteiger partial charge in [0.15, 0.2) is 0 Å². The van der Waals surface area contributed by atoms with Gasteiger partial charge in [0, 0.05) is 30.4 Å². The molecular formula is C22H28N2O5. The summed E-state index contributed by atoms with van der Waals surface area (Å²) >= 11 is 0. The van der Waals surface area contributed by atoms with Crippen LogP contribution >= 0.6 is 0 Å². The fourth-order valence-corrected chi connectivity index (χ4v) is 4.21. The van der Waals surface area contributed by atoms with Crippen LogP contribution in [0.4, 0.5) is 0 Å². The van der Waals surface area contributed by atoms with Crippen LogP contribution in [0.1, 0.15) is 45.1 Å². The van der Waals surface area contributed by atoms with E-state index < -0.39 is 17.8 Å². The molecule has 0 radical (unpaired) electrons. The number of esters is 1. The molecule has 2 aliphatic rings. The van der Waals surface area contributed by atoms with Crippen LogP contribution < -0.4 is 0 Å². The highest BCUT2D eigenvalue weighted by Crippen LogP contribution is 2.46. The second-order valence-electron chi connectivity index (χ2n) is 8.19. The van der Waals surface area contributed by atoms with Gasteiger partial charge in [-0.1, -0.05) is 19.9 Å². The number of Topliss-reactive ketones (excluding diaryl/α,β-unsaturated/α-hetero) is 1. The van der Waals surface area contributed by atoms with Crippen molar-refractivity contribution >= 4 is 17.5 Å². The van der Waals surface area contributed by atoms with E-state index in [1.165, 1.54) is 0 Å². The summed E-state index contributed by atoms with van der Waals surface area (Å²) in [5.41, 5.74) is 2.17. The van der Waals surface area contributed by atoms with Crippen molar-refractivity contribution in [3.63, 3.8) is 0 Å². The molecule has 1 N–H and O–H groups in total. The van der Waals surface area contributed by atoms with Crippen LogP contribution in [-0.2, 0) is 19.1 Å². The number of carbonyl (C=O) groups is 2. The van der Waals surface area contributed by atoms with E-state index in [1.807, 2.05) is 6.07 Å². The molecule has 1 aliphatic heterocycles. The minimum atomic E-state index is -0.508. The second kappa shape index (κ2) is 8.97. The minimum Gasteiger partial charge on any atom is -0.463 e. The molecule has 0 spiro atoms. The van der Waals surface area contributed by atoms with Crippen molar-refractivity contribution in [1.82, 2.24) is 4.98 Å². The van der Waals surface area contributed by atoms with Crippen LogP contribution in [0, 0.1) is 11.3 Å². The van der Waals surface area contributed by atoms with Gasteiger partial charge in [0.25, 0.3) is 0 Å². The van der Waals surface area contributed by atoms with Crippen LogP contribution in [0.15, 0.2) is 40.8 Å². The van der Waals surface area contributed by atoms with E-state index in [4.69, 9.17) is 19.6 Å². The first-order valence-electron chi connectivity index (χ1n) is 9.97. The average molecular weight is 400 g/mol. The van der Waals surface area contributed by atoms with Crippen LogP contribution in [-0.4, -0.2) is 54.0 Å². The monoisotopic (exact) mass is 400 g/mol. The Labute approximate surface area is 170 Å². The maximum atomic E-state index is 13.2. The van der Waals surface area contributed by atoms with Gasteiger partial charge in [-0.15, -0.1) is 0 Å². The predicted molar refractivity (Wildman–Crippen MR) is 107 cm³/mol. The zero-order valence-electron chi connectivity index (χ0n) is 17.2. The van der Waals surface area contributed by atoms with Crippen molar-refractivity contribution in [3.8, 4) is 0 Å². The van der Waals surface area contributed by atoms with Crippen LogP contribution in [0.2, 0.25) is 0 Å². The van der Waals surface area contributed by atoms with Gasteiger partial charge < -0.3 is 14.6 Å². The SMILES string of the molecule is CCOC(=O)C1=C(COCCO)N=C2CC(C)(C)CC(=O)C2C1c1cccnc1. The zero-order valence-corrected chi connectivity index (χ0v) is 17.2. The summed E-state index contributed by atoms with van der Waals surface area (Å²) in [5, 5.41) is 9.05. The fourth-order valence-electron chi connectivity index (χ4n) is 4.21. The molecule has 1 aliphatic carbocycles. The topological polar surface area (TPSA) is 98.1 Å². The summed E-state index contributed by atoms with van der Waals surface area (Å²) in [5.74, 6) is -1.44. The Morgan fingerprint density at radius 3 is 2.76 bits per heavy atom. The maximum absolute atomic E-state index is 13.2. The lowest BCUT2D eigenvalue weighted by Gasteiger charge is -2.41. The molecule has 2 atom stereocenters. The molecule has 1 saturated carbocycles. The number of aliphatic hydroxyl groups excluding tert-OH is 1. The molecule has 7 heteroatoms. The summed E-state index contributed by atoms with van der Waals surface area (Å²) < 4.78 is 10.8. The van der Waals surface area contributed by atoms with Gasteiger partial charge in [0.05, 0.1) is 43.6 Å². The highest BCUT2D eigenvalue weighted by Gasteiger charge is 2.48. The Balaban J connectivity index is 2.15. The number of aromatic nitrogens is 1. The number of carbonyl (C=O) groups excluding carboxylic acids is 2. The first kappa shape index (κ1) is 21.3. The van der Waals surface area contributed by atoms with E-state index in [1.54, 1.807) is 25.4 Å². The average Bonchev–Trinajstić information content (AvgIpc) is 2.67. The van der Waals surface area contributed by atoms with Crippen LogP contribution in [0.5, 0.6) is 0 Å². The molecule has 0 amide bonds. The zero-order chi connectivity index (χ0) is 21.0. The largest absolute Gasteiger partial charge is 0.463 e. The second-order valence-corrected chi connectivity index (χ2v) is 8.19. The third-order valence-corrected chi connectivity index (χ3v) is 5.27. The molecule has 2 heterocycles. The standard InChI is InChI=1S/C22H28N2O5/c1-4-29-21(27)20-16(13-28-9-8-25)24-15-10-22(2,3)11-17(26)19(15)18(20)14-6-5-7-23-12-14/h5-7,12,18-19,25H,4,8-11,13H2,1-3H3. The number of hydrogen-bond donors (Lipinski definition) is 1. The number of hydrogen-bond acceptors (Lipinski definition) is 7. The summed E-state index contributed by atoms with van der Waals surface area (Å²) in [4.78, 5) is 35.1. The number of pyridine rings is 1. The molecule has 1 aromatic rings. The highest BCUT2D eigenvalue weighted by molar-refractivity contribution is 6.12. The summed E-state index contributed by atoms with van der Waals surface area (Å²) in [6.45, 7) is 6.13. The molecule has 29 heavy (non-hydrogen) atoms. The predicted octanol–water partition coefficient (Wildman–Crippen LogP) is 2.45. The number of aliphatic hydroxyl groups is 1. The smallest absolute Gasteiger partial charge is 0.336 e. The Morgan fingerprint density at radius 2 is 2.10 bits per heavy atom. The van der Waals surface area contributed by atoms with Gasteiger partial charge in [-0.2, -0.15) is 0 Å². The van der Waals surface area contributed by atoms with Crippen molar-refractivity contribution in [1.29, 1.82) is 0 Å². The van der Waals surface area contributed by atoms with Crippen molar-refractivity contribution < 1.29 is 24.2 Å². The summed E-state index contributed by atoms with van der Waals surface area (Å²) in [6, 6.07) is 3.67. The Hall–Kier alpha value is -2.38. The molecule has 0 bridgehead atoms. The maximum Gasteiger partial charge on any atom is 0.336 e. The van der Waals surface area contributed by atoms with Gasteiger partial charge in [0.2, 0.25) is 0 Å². The van der Waals surface area contributed by atoms with E-state index in [0.29, 0.717) is 24.1 Å². The third-order valence-electron chi connectivity index (χ3n) is 5.27. The lowest BCUT2D eigenvalue weighted by molar-refractivity contribution is -0.139. The first-order chi connectivity index (χ1) is 13.9. The normalized spacial score (nSPS) is 23.4. The van der Waals surface area contributed by atoms with Gasteiger partial charge in [-0.05, 0) is 30.4 Å². The minimum absolute atomic E-state index is 0.0658. The van der Waals surface area contributed by atoms with Gasteiger partial charge >= 0.3 is 5.97 Å². The molecule has 3 rings (SSSR count). The van der Waals surface area contributed by atoms with E-state index in [-0.39, 0.29) is 37.6 Å². The van der Waals surface area contributed by atoms with Crippen molar-refractivity contribution in [2.45, 2.75) is 39.5 Å². The summed E-state index contributed by atoms with van der Waals surface area (Å²) in [7, 11) is 0. The molecule has 1 aromatic heterocycles. The van der Waals surface area contributed by atoms with E-state index in [0.717, 1.165) is 11.3 Å². The molecule has 7 nitrogen and oxygen atoms in total. The lowest BCUT2D eigenvalue weighted by Crippen LogP contribution is -2.44. The van der Waals surface area contributed by atoms with E-state index >= 15 is 0 Å². The summed E-state index contributed by atoms with van der Waals surface area (Å²) in [6.07, 6.45) is 4.44. The van der Waals surface area contributed by atoms with Gasteiger partial charge in [-0.25, -0.2) is 4.79 Å². The highest BCUT2D eigenvalue weighted by atomic mass is 16.5. The fraction of sp³-hybridized carbons (Fsp3) is 0.545. The van der Waals surface area contributed by atoms with Gasteiger partial charge in [-0.3, -0.25) is 14.8 Å². The van der Waals surface area contributed by atoms with E-state index in [2.05, 4.69) is 18.8 Å². The number of ketones is 1. The molecular weight excluding hydrogens is 372 g/mol. The number of nitrogens with zero attached hydrogens (tertiary/aromatic N) is 2. The molecule has 2 unspecified atom stereocenters. The van der Waals surface area contributed by atoms with Crippen LogP contribution in [0.3, 0.4) is 0 Å². The number of rotatable bonds is 7. The molecule has 0 aromatic carbocycles.